The lowest BCUT2D eigenvalue weighted by Crippen LogP contribution is -2.27. The number of amides is 1. The van der Waals surface area contributed by atoms with Gasteiger partial charge >= 0.3 is 10.1 Å². The summed E-state index contributed by atoms with van der Waals surface area (Å²) in [6.45, 7) is 1.81. The average molecular weight is 242 g/mol. The number of carbonyl (C=O) groups excluding carboxylic acids is 1. The molecule has 7 heteroatoms. The first kappa shape index (κ1) is 12.3. The summed E-state index contributed by atoms with van der Waals surface area (Å²) in [7, 11) is -4.02. The van der Waals surface area contributed by atoms with Gasteiger partial charge in [0.25, 0.3) is 5.91 Å². The van der Waals surface area contributed by atoms with Gasteiger partial charge in [0.2, 0.25) is 0 Å². The van der Waals surface area contributed by atoms with Crippen LogP contribution in [-0.2, 0) is 19.2 Å². The molecule has 16 heavy (non-hydrogen) atoms. The molecule has 0 atom stereocenters. The topological polar surface area (TPSA) is 96.3 Å². The maximum Gasteiger partial charge on any atom is 0.317 e. The molecule has 0 aliphatic rings. The minimum absolute atomic E-state index is 0.0663. The van der Waals surface area contributed by atoms with Crippen molar-refractivity contribution in [1.29, 1.82) is 5.41 Å². The van der Waals surface area contributed by atoms with Gasteiger partial charge < -0.3 is 5.41 Å². The van der Waals surface area contributed by atoms with Gasteiger partial charge in [-0.2, -0.15) is 8.42 Å². The number of hydroxylamine groups is 1. The summed E-state index contributed by atoms with van der Waals surface area (Å²) in [6, 6.07) is 5.94. The van der Waals surface area contributed by atoms with Crippen molar-refractivity contribution in [2.24, 2.45) is 0 Å². The highest BCUT2D eigenvalue weighted by atomic mass is 32.2. The molecule has 1 aromatic rings. The zero-order valence-corrected chi connectivity index (χ0v) is 9.24. The van der Waals surface area contributed by atoms with E-state index in [0.29, 0.717) is 6.21 Å². The third-order valence-electron chi connectivity index (χ3n) is 1.69. The Balaban J connectivity index is 2.82. The average Bonchev–Trinajstić information content (AvgIpc) is 2.26. The van der Waals surface area contributed by atoms with Crippen LogP contribution in [0.5, 0.6) is 0 Å². The fourth-order valence-electron chi connectivity index (χ4n) is 0.878. The Bertz CT molecular complexity index is 493. The number of hydrogen-bond acceptors (Lipinski definition) is 5. The predicted octanol–water partition coefficient (Wildman–Crippen LogP) is 0.381. The van der Waals surface area contributed by atoms with Crippen LogP contribution in [0.25, 0.3) is 0 Å². The van der Waals surface area contributed by atoms with Gasteiger partial charge in [-0.3, -0.25) is 4.79 Å². The van der Waals surface area contributed by atoms with Crippen LogP contribution in [0.15, 0.2) is 29.2 Å². The molecule has 0 aliphatic heterocycles. The number of hydrogen-bond donors (Lipinski definition) is 2. The van der Waals surface area contributed by atoms with Crippen molar-refractivity contribution < 1.29 is 17.5 Å². The second kappa shape index (κ2) is 4.86. The van der Waals surface area contributed by atoms with E-state index in [0.717, 1.165) is 5.56 Å². The Kier molecular flexibility index (Phi) is 3.75. The van der Waals surface area contributed by atoms with E-state index in [1.54, 1.807) is 17.6 Å². The monoisotopic (exact) mass is 242 g/mol. The lowest BCUT2D eigenvalue weighted by molar-refractivity contribution is -0.120. The van der Waals surface area contributed by atoms with E-state index in [-0.39, 0.29) is 4.90 Å². The van der Waals surface area contributed by atoms with Crippen LogP contribution in [-0.4, -0.2) is 20.5 Å². The van der Waals surface area contributed by atoms with Gasteiger partial charge in [-0.05, 0) is 19.1 Å². The van der Waals surface area contributed by atoms with Crippen molar-refractivity contribution in [2.45, 2.75) is 11.8 Å². The van der Waals surface area contributed by atoms with Crippen molar-refractivity contribution in [2.75, 3.05) is 0 Å². The van der Waals surface area contributed by atoms with Crippen LogP contribution < -0.4 is 5.48 Å². The third kappa shape index (κ3) is 3.14. The summed E-state index contributed by atoms with van der Waals surface area (Å²) >= 11 is 0. The van der Waals surface area contributed by atoms with E-state index in [2.05, 4.69) is 4.28 Å². The quantitative estimate of drug-likeness (QED) is 0.589. The minimum atomic E-state index is -4.02. The Morgan fingerprint density at radius 1 is 1.38 bits per heavy atom. The second-order valence-electron chi connectivity index (χ2n) is 2.96. The molecular formula is C9H10N2O4S. The number of rotatable bonds is 4. The second-order valence-corrected chi connectivity index (χ2v) is 4.51. The summed E-state index contributed by atoms with van der Waals surface area (Å²) in [5.74, 6) is -0.948. The Hall–Kier alpha value is -1.73. The summed E-state index contributed by atoms with van der Waals surface area (Å²) in [5, 5.41) is 6.54. The molecule has 0 fully saturated rings. The van der Waals surface area contributed by atoms with Crippen LogP contribution in [0.4, 0.5) is 0 Å². The summed E-state index contributed by atoms with van der Waals surface area (Å²) in [5.41, 5.74) is 2.52. The maximum atomic E-state index is 11.5. The van der Waals surface area contributed by atoms with Crippen LogP contribution in [0.1, 0.15) is 5.56 Å². The summed E-state index contributed by atoms with van der Waals surface area (Å²) < 4.78 is 27.1. The molecule has 6 nitrogen and oxygen atoms in total. The van der Waals surface area contributed by atoms with E-state index in [1.807, 2.05) is 6.92 Å². The van der Waals surface area contributed by atoms with E-state index < -0.39 is 16.0 Å². The van der Waals surface area contributed by atoms with E-state index in [9.17, 15) is 13.2 Å². The molecule has 0 aliphatic carbocycles. The molecule has 1 amide bonds. The van der Waals surface area contributed by atoms with Gasteiger partial charge in [0.05, 0.1) is 11.1 Å². The lowest BCUT2D eigenvalue weighted by Gasteiger charge is -2.04. The van der Waals surface area contributed by atoms with Crippen LogP contribution in [0, 0.1) is 12.3 Å². The largest absolute Gasteiger partial charge is 0.317 e. The molecule has 0 radical (unpaired) electrons. The molecule has 1 rings (SSSR count). The number of carbonyl (C=O) groups is 1. The van der Waals surface area contributed by atoms with Crippen molar-refractivity contribution in [1.82, 2.24) is 5.48 Å². The number of aryl methyl sites for hydroxylation is 1. The summed E-state index contributed by atoms with van der Waals surface area (Å²) in [6.07, 6.45) is 0.407. The van der Waals surface area contributed by atoms with Gasteiger partial charge in [0, 0.05) is 0 Å². The van der Waals surface area contributed by atoms with Crippen molar-refractivity contribution >= 4 is 22.2 Å². The van der Waals surface area contributed by atoms with Crippen molar-refractivity contribution in [3.63, 3.8) is 0 Å². The van der Waals surface area contributed by atoms with Gasteiger partial charge in [-0.25, -0.2) is 5.48 Å². The number of nitrogens with one attached hydrogen (secondary N) is 2. The molecule has 0 saturated carbocycles. The zero-order valence-electron chi connectivity index (χ0n) is 8.43. The van der Waals surface area contributed by atoms with E-state index in [4.69, 9.17) is 5.41 Å². The Labute approximate surface area is 92.8 Å². The SMILES string of the molecule is Cc1ccc(S(=O)(=O)ONC(=O)C=N)cc1. The molecular weight excluding hydrogens is 232 g/mol. The number of benzene rings is 1. The van der Waals surface area contributed by atoms with Gasteiger partial charge in [0.15, 0.2) is 0 Å². The standard InChI is InChI=1S/C9H10N2O4S/c1-7-2-4-8(5-3-7)16(13,14)15-11-9(12)6-10/h2-6,10H,1H3,(H,11,12). The molecule has 0 heterocycles. The molecule has 0 saturated heterocycles. The lowest BCUT2D eigenvalue weighted by atomic mass is 10.2. The molecule has 2 N–H and O–H groups in total. The predicted molar refractivity (Wildman–Crippen MR) is 56.4 cm³/mol. The Morgan fingerprint density at radius 3 is 2.44 bits per heavy atom. The zero-order chi connectivity index (χ0) is 12.2. The fraction of sp³-hybridized carbons (Fsp3) is 0.111. The molecule has 0 aromatic heterocycles. The van der Waals surface area contributed by atoms with Crippen LogP contribution in [0.3, 0.4) is 0 Å². The minimum Gasteiger partial charge on any atom is -0.303 e. The van der Waals surface area contributed by atoms with Crippen LogP contribution in [0.2, 0.25) is 0 Å². The highest BCUT2D eigenvalue weighted by Gasteiger charge is 2.16. The van der Waals surface area contributed by atoms with Crippen molar-refractivity contribution in [3.8, 4) is 0 Å². The van der Waals surface area contributed by atoms with E-state index >= 15 is 0 Å². The molecule has 1 aromatic carbocycles. The van der Waals surface area contributed by atoms with Gasteiger partial charge in [-0.1, -0.05) is 17.7 Å². The molecule has 0 unspecified atom stereocenters. The van der Waals surface area contributed by atoms with Crippen LogP contribution >= 0.6 is 0 Å². The summed E-state index contributed by atoms with van der Waals surface area (Å²) in [4.78, 5) is 10.5. The molecule has 86 valence electrons. The normalized spacial score (nSPS) is 10.8. The first-order valence-corrected chi connectivity index (χ1v) is 5.67. The van der Waals surface area contributed by atoms with Gasteiger partial charge in [-0.15, -0.1) is 4.28 Å². The smallest absolute Gasteiger partial charge is 0.303 e. The van der Waals surface area contributed by atoms with E-state index in [1.165, 1.54) is 12.1 Å². The maximum absolute atomic E-state index is 11.5. The van der Waals surface area contributed by atoms with Crippen molar-refractivity contribution in [3.05, 3.63) is 29.8 Å². The third-order valence-corrected chi connectivity index (χ3v) is 2.84. The first-order valence-electron chi connectivity index (χ1n) is 4.26. The first-order chi connectivity index (χ1) is 7.45. The Morgan fingerprint density at radius 2 is 1.94 bits per heavy atom. The fourth-order valence-corrected chi connectivity index (χ4v) is 1.64. The highest BCUT2D eigenvalue weighted by molar-refractivity contribution is 7.86. The molecule has 0 bridgehead atoms. The highest BCUT2D eigenvalue weighted by Crippen LogP contribution is 2.11. The van der Waals surface area contributed by atoms with Gasteiger partial charge in [0.1, 0.15) is 0 Å². The molecule has 0 spiro atoms.